The number of nitrogens with zero attached hydrogens (tertiary/aromatic N) is 2. The highest BCUT2D eigenvalue weighted by Crippen LogP contribution is 2.50. The Balaban J connectivity index is 1.68. The molecule has 0 N–H and O–H groups in total. The number of hydrogen-bond donors (Lipinski definition) is 0. The summed E-state index contributed by atoms with van der Waals surface area (Å²) >= 11 is -1.98. The molecule has 0 spiro atoms. The Bertz CT molecular complexity index is 1070. The van der Waals surface area contributed by atoms with Gasteiger partial charge in [-0.05, 0) is 51.4 Å². The van der Waals surface area contributed by atoms with Gasteiger partial charge in [-0.2, -0.15) is 0 Å². The van der Waals surface area contributed by atoms with E-state index in [4.69, 9.17) is 18.9 Å². The number of carbonyl (C=O) groups excluding carboxylic acids is 4. The van der Waals surface area contributed by atoms with Crippen LogP contribution in [-0.2, 0) is 51.1 Å². The van der Waals surface area contributed by atoms with Gasteiger partial charge in [-0.3, -0.25) is 24.6 Å². The Labute approximate surface area is 215 Å². The first-order valence-corrected chi connectivity index (χ1v) is 12.5. The number of fused-ring (bicyclic) bond motifs is 1. The Morgan fingerprint density at radius 3 is 2.32 bits per heavy atom. The number of esters is 2. The second-order valence-corrected chi connectivity index (χ2v) is 12.2. The van der Waals surface area contributed by atoms with Crippen LogP contribution >= 0.6 is 0 Å². The molecule has 2 unspecified atom stereocenters. The van der Waals surface area contributed by atoms with E-state index in [1.54, 1.807) is 51.1 Å². The minimum atomic E-state index is -2.18. The number of amides is 1. The fourth-order valence-electron chi connectivity index (χ4n) is 3.97. The van der Waals surface area contributed by atoms with Crippen molar-refractivity contribution in [2.45, 2.75) is 63.6 Å². The highest BCUT2D eigenvalue weighted by atomic mass is 32.2. The first kappa shape index (κ1) is 28.2. The molecule has 5 atom stereocenters. The van der Waals surface area contributed by atoms with Gasteiger partial charge in [0, 0.05) is 0 Å². The number of nitro groups is 1. The van der Waals surface area contributed by atoms with E-state index in [9.17, 15) is 33.8 Å². The molecule has 0 radical (unpaired) electrons. The topological polar surface area (TPSA) is 175 Å². The van der Waals surface area contributed by atoms with Crippen LogP contribution in [0, 0.1) is 21.4 Å². The summed E-state index contributed by atoms with van der Waals surface area (Å²) in [5.41, 5.74) is -0.234. The molecule has 14 heteroatoms. The molecule has 1 aromatic carbocycles. The van der Waals surface area contributed by atoms with Crippen molar-refractivity contribution in [1.29, 1.82) is 0 Å². The monoisotopic (exact) mass is 540 g/mol. The summed E-state index contributed by atoms with van der Waals surface area (Å²) in [6.07, 6.45) is -3.56. The molecular weight excluding hydrogens is 512 g/mol. The molecule has 2 saturated heterocycles. The minimum absolute atomic E-state index is 0.217. The first-order valence-electron chi connectivity index (χ1n) is 11.3. The van der Waals surface area contributed by atoms with Crippen molar-refractivity contribution in [3.63, 3.8) is 0 Å². The number of hydrogen-bond acceptors (Lipinski definition) is 11. The molecule has 13 nitrogen and oxygen atoms in total. The molecule has 202 valence electrons. The normalized spacial score (nSPS) is 24.8. The molecule has 1 amide bonds. The van der Waals surface area contributed by atoms with E-state index in [0.717, 1.165) is 4.90 Å². The quantitative estimate of drug-likeness (QED) is 0.117. The zero-order valence-corrected chi connectivity index (χ0v) is 21.7. The van der Waals surface area contributed by atoms with Crippen LogP contribution in [0.25, 0.3) is 0 Å². The van der Waals surface area contributed by atoms with Gasteiger partial charge in [0.05, 0.1) is 10.3 Å². The van der Waals surface area contributed by atoms with Gasteiger partial charge in [-0.15, -0.1) is 0 Å². The van der Waals surface area contributed by atoms with Crippen LogP contribution in [0.2, 0.25) is 0 Å². The van der Waals surface area contributed by atoms with E-state index in [-0.39, 0.29) is 6.61 Å². The number of ether oxygens (including phenoxy) is 4. The van der Waals surface area contributed by atoms with Gasteiger partial charge in [-0.1, -0.05) is 30.3 Å². The number of β-lactam (4-membered cyclic amide) rings is 1. The van der Waals surface area contributed by atoms with Gasteiger partial charge in [0.1, 0.15) is 6.61 Å². The van der Waals surface area contributed by atoms with Gasteiger partial charge < -0.3 is 23.5 Å². The van der Waals surface area contributed by atoms with Crippen molar-refractivity contribution in [2.75, 3.05) is 6.79 Å². The molecule has 2 aliphatic rings. The molecule has 2 fully saturated rings. The zero-order valence-electron chi connectivity index (χ0n) is 20.9. The Morgan fingerprint density at radius 2 is 1.76 bits per heavy atom. The molecule has 3 rings (SSSR count). The van der Waals surface area contributed by atoms with Gasteiger partial charge in [-0.25, -0.2) is 9.59 Å². The van der Waals surface area contributed by atoms with Crippen molar-refractivity contribution in [3.05, 3.63) is 46.0 Å². The number of benzene rings is 1. The van der Waals surface area contributed by atoms with E-state index in [1.807, 2.05) is 0 Å². The molecule has 0 aromatic heterocycles. The van der Waals surface area contributed by atoms with E-state index in [0.29, 0.717) is 5.56 Å². The van der Waals surface area contributed by atoms with Crippen LogP contribution in [0.1, 0.15) is 40.2 Å². The molecular formula is C23H28N2O11S. The summed E-state index contributed by atoms with van der Waals surface area (Å²) in [6, 6.07) is 7.13. The maximum Gasteiger partial charge on any atom is 0.513 e. The van der Waals surface area contributed by atoms with E-state index < -0.39 is 80.6 Å². The third-order valence-electron chi connectivity index (χ3n) is 5.95. The van der Waals surface area contributed by atoms with Crippen molar-refractivity contribution in [2.24, 2.45) is 11.3 Å². The van der Waals surface area contributed by atoms with E-state index in [1.165, 1.54) is 13.8 Å². The summed E-state index contributed by atoms with van der Waals surface area (Å²) in [5, 5.41) is 10.4. The predicted molar refractivity (Wildman–Crippen MR) is 125 cm³/mol. The Kier molecular flexibility index (Phi) is 8.03. The average molecular weight is 541 g/mol. The van der Waals surface area contributed by atoms with Gasteiger partial charge in [0.15, 0.2) is 10.8 Å². The van der Waals surface area contributed by atoms with Crippen molar-refractivity contribution >= 4 is 35.2 Å². The predicted octanol–water partition coefficient (Wildman–Crippen LogP) is 1.73. The third kappa shape index (κ3) is 5.64. The SMILES string of the molecule is CC(C)(C)C(=O)OCOC(=O)[C@@H]1N2C(=O)[C@H](C(OC(=O)OCc3ccccc3)[N+](=O)[O-])[C@H]2[S+]([O-])C1(C)C. The third-order valence-corrected chi connectivity index (χ3v) is 8.17. The van der Waals surface area contributed by atoms with Crippen LogP contribution in [-0.4, -0.2) is 67.6 Å². The minimum Gasteiger partial charge on any atom is -0.614 e. The summed E-state index contributed by atoms with van der Waals surface area (Å²) in [6.45, 7) is 6.76. The lowest BCUT2D eigenvalue weighted by Crippen LogP contribution is -2.68. The molecule has 37 heavy (non-hydrogen) atoms. The van der Waals surface area contributed by atoms with Crippen molar-refractivity contribution < 1.29 is 47.6 Å². The second-order valence-electron chi connectivity index (χ2n) is 10.0. The van der Waals surface area contributed by atoms with Crippen LogP contribution in [0.4, 0.5) is 4.79 Å². The van der Waals surface area contributed by atoms with Crippen LogP contribution in [0.3, 0.4) is 0 Å². The molecule has 2 heterocycles. The van der Waals surface area contributed by atoms with Crippen LogP contribution in [0.5, 0.6) is 0 Å². The lowest BCUT2D eigenvalue weighted by molar-refractivity contribution is -0.578. The van der Waals surface area contributed by atoms with Crippen molar-refractivity contribution in [3.8, 4) is 0 Å². The smallest absolute Gasteiger partial charge is 0.513 e. The van der Waals surface area contributed by atoms with Crippen LogP contribution in [0.15, 0.2) is 30.3 Å². The molecule has 2 aliphatic heterocycles. The fourth-order valence-corrected chi connectivity index (χ4v) is 5.97. The highest BCUT2D eigenvalue weighted by Gasteiger charge is 2.76. The number of rotatable bonds is 8. The lowest BCUT2D eigenvalue weighted by atomic mass is 9.90. The molecule has 0 aliphatic carbocycles. The second kappa shape index (κ2) is 10.5. The zero-order chi connectivity index (χ0) is 27.7. The molecule has 1 aromatic rings. The largest absolute Gasteiger partial charge is 0.614 e. The summed E-state index contributed by atoms with van der Waals surface area (Å²) in [5.74, 6) is -4.13. The average Bonchev–Trinajstić information content (AvgIpc) is 3.00. The molecule has 0 saturated carbocycles. The first-order chi connectivity index (χ1) is 17.2. The molecule has 0 bridgehead atoms. The maximum atomic E-state index is 13.2. The fraction of sp³-hybridized carbons (Fsp3) is 0.565. The van der Waals surface area contributed by atoms with Gasteiger partial charge in [0.2, 0.25) is 24.0 Å². The van der Waals surface area contributed by atoms with Gasteiger partial charge in [0.25, 0.3) is 0 Å². The lowest BCUT2D eigenvalue weighted by Gasteiger charge is -2.40. The number of carbonyl (C=O) groups is 4. The summed E-state index contributed by atoms with van der Waals surface area (Å²) in [4.78, 5) is 61.5. The Morgan fingerprint density at radius 1 is 1.14 bits per heavy atom. The summed E-state index contributed by atoms with van der Waals surface area (Å²) in [7, 11) is 0. The van der Waals surface area contributed by atoms with E-state index in [2.05, 4.69) is 0 Å². The standard InChI is InChI=1S/C23H28N2O11S/c1-22(2,3)20(28)35-12-34-19(27)15-23(4,5)37(32)18-14(16(26)24(15)18)17(25(30)31)36-21(29)33-11-13-9-7-6-8-10-13/h6-10,14-15,17-18H,11-12H2,1-5H3/t14-,15+,17?,18-,37?/m1/s1. The van der Waals surface area contributed by atoms with Gasteiger partial charge >= 0.3 is 24.3 Å². The maximum absolute atomic E-state index is 13.2. The van der Waals surface area contributed by atoms with Crippen LogP contribution < -0.4 is 0 Å². The van der Waals surface area contributed by atoms with Crippen molar-refractivity contribution in [1.82, 2.24) is 4.90 Å². The van der Waals surface area contributed by atoms with E-state index >= 15 is 0 Å². The highest BCUT2D eigenvalue weighted by molar-refractivity contribution is 7.93. The summed E-state index contributed by atoms with van der Waals surface area (Å²) < 4.78 is 31.5. The Hall–Kier alpha value is -3.39.